The number of imidazole rings is 1. The van der Waals surface area contributed by atoms with Crippen molar-refractivity contribution in [2.24, 2.45) is 0 Å². The molecule has 0 radical (unpaired) electrons. The van der Waals surface area contributed by atoms with Crippen LogP contribution in [0.15, 0.2) is 6.33 Å². The van der Waals surface area contributed by atoms with Gasteiger partial charge in [-0.05, 0) is 0 Å². The van der Waals surface area contributed by atoms with E-state index >= 15 is 0 Å². The van der Waals surface area contributed by atoms with E-state index in [1.54, 1.807) is 4.72 Å². The Morgan fingerprint density at radius 2 is 2.30 bits per heavy atom. The normalized spacial score (nSPS) is 19.1. The highest BCUT2D eigenvalue weighted by Crippen LogP contribution is 2.23. The lowest BCUT2D eigenvalue weighted by Gasteiger charge is -2.30. The second kappa shape index (κ2) is 5.09. The number of aromatic nitrogens is 2. The average Bonchev–Trinajstić information content (AvgIpc) is 2.83. The Morgan fingerprint density at radius 1 is 1.60 bits per heavy atom. The molecule has 0 aromatic carbocycles. The van der Waals surface area contributed by atoms with Gasteiger partial charge in [0.1, 0.15) is 6.04 Å². The standard InChI is InChI=1S/C9H12N4O6S/c1-19-9(16)12-20(17,18)13-3-6-5(10-4-11-6)2-7(13)8(14)15/h4,7H,2-3H2,1H3,(H,10,11)(H,12,16)(H,14,15). The highest BCUT2D eigenvalue weighted by Gasteiger charge is 2.40. The molecule has 3 N–H and O–H groups in total. The van der Waals surface area contributed by atoms with Gasteiger partial charge in [-0.25, -0.2) is 14.5 Å². The zero-order chi connectivity index (χ0) is 14.9. The van der Waals surface area contributed by atoms with E-state index in [-0.39, 0.29) is 13.0 Å². The predicted molar refractivity (Wildman–Crippen MR) is 63.7 cm³/mol. The maximum absolute atomic E-state index is 12.0. The molecule has 2 rings (SSSR count). The second-order valence-electron chi connectivity index (χ2n) is 4.03. The minimum Gasteiger partial charge on any atom is -0.480 e. The number of aromatic amines is 1. The van der Waals surface area contributed by atoms with E-state index in [2.05, 4.69) is 14.7 Å². The summed E-state index contributed by atoms with van der Waals surface area (Å²) in [5.41, 5.74) is 0.972. The maximum Gasteiger partial charge on any atom is 0.421 e. The summed E-state index contributed by atoms with van der Waals surface area (Å²) in [7, 11) is -3.33. The van der Waals surface area contributed by atoms with Crippen molar-refractivity contribution in [2.75, 3.05) is 7.11 Å². The Labute approximate surface area is 113 Å². The van der Waals surface area contributed by atoms with Crippen LogP contribution in [0.5, 0.6) is 0 Å². The number of carboxylic acid groups (broad SMARTS) is 1. The average molecular weight is 304 g/mol. The number of amides is 1. The van der Waals surface area contributed by atoms with E-state index in [0.29, 0.717) is 15.7 Å². The van der Waals surface area contributed by atoms with Crippen molar-refractivity contribution in [2.45, 2.75) is 19.0 Å². The summed E-state index contributed by atoms with van der Waals surface area (Å²) in [6, 6.07) is -1.34. The fourth-order valence-corrected chi connectivity index (χ4v) is 3.09. The first-order chi connectivity index (χ1) is 9.35. The molecular formula is C9H12N4O6S. The quantitative estimate of drug-likeness (QED) is 0.638. The lowest BCUT2D eigenvalue weighted by Crippen LogP contribution is -2.53. The number of hydrogen-bond donors (Lipinski definition) is 3. The smallest absolute Gasteiger partial charge is 0.421 e. The fraction of sp³-hybridized carbons (Fsp3) is 0.444. The summed E-state index contributed by atoms with van der Waals surface area (Å²) in [6.45, 7) is -0.224. The molecule has 1 aromatic heterocycles. The van der Waals surface area contributed by atoms with E-state index in [1.807, 2.05) is 0 Å². The number of carbonyl (C=O) groups is 2. The Hall–Kier alpha value is -2.14. The second-order valence-corrected chi connectivity index (χ2v) is 5.65. The van der Waals surface area contributed by atoms with Gasteiger partial charge in [-0.3, -0.25) is 4.79 Å². The highest BCUT2D eigenvalue weighted by atomic mass is 32.2. The highest BCUT2D eigenvalue weighted by molar-refractivity contribution is 7.87. The van der Waals surface area contributed by atoms with Crippen LogP contribution in [-0.2, 0) is 32.7 Å². The number of carbonyl (C=O) groups excluding carboxylic acids is 1. The number of hydrogen-bond acceptors (Lipinski definition) is 6. The summed E-state index contributed by atoms with van der Waals surface area (Å²) < 4.78 is 30.5. The molecule has 1 aliphatic rings. The molecular weight excluding hydrogens is 292 g/mol. The van der Waals surface area contributed by atoms with Gasteiger partial charge in [0, 0.05) is 6.42 Å². The van der Waals surface area contributed by atoms with Crippen molar-refractivity contribution >= 4 is 22.3 Å². The van der Waals surface area contributed by atoms with Gasteiger partial charge in [-0.15, -0.1) is 0 Å². The largest absolute Gasteiger partial charge is 0.480 e. The fourth-order valence-electron chi connectivity index (χ4n) is 1.88. The van der Waals surface area contributed by atoms with Crippen LogP contribution in [0.4, 0.5) is 4.79 Å². The molecule has 1 aliphatic heterocycles. The van der Waals surface area contributed by atoms with Gasteiger partial charge in [0.25, 0.3) is 0 Å². The Bertz CT molecular complexity index is 639. The van der Waals surface area contributed by atoms with E-state index in [1.165, 1.54) is 6.33 Å². The Morgan fingerprint density at radius 3 is 2.90 bits per heavy atom. The van der Waals surface area contributed by atoms with Gasteiger partial charge in [-0.2, -0.15) is 12.7 Å². The van der Waals surface area contributed by atoms with Crippen molar-refractivity contribution in [1.82, 2.24) is 19.0 Å². The lowest BCUT2D eigenvalue weighted by atomic mass is 10.1. The maximum atomic E-state index is 12.0. The molecule has 0 fully saturated rings. The number of rotatable bonds is 3. The summed E-state index contributed by atoms with van der Waals surface area (Å²) in [5, 5.41) is 9.14. The summed E-state index contributed by atoms with van der Waals surface area (Å²) in [5.74, 6) is -1.33. The van der Waals surface area contributed by atoms with Gasteiger partial charge < -0.3 is 14.8 Å². The zero-order valence-corrected chi connectivity index (χ0v) is 11.2. The third-order valence-electron chi connectivity index (χ3n) is 2.85. The van der Waals surface area contributed by atoms with E-state index in [0.717, 1.165) is 7.11 Å². The number of methoxy groups -OCH3 is 1. The van der Waals surface area contributed by atoms with Crippen molar-refractivity contribution in [3.05, 3.63) is 17.7 Å². The van der Waals surface area contributed by atoms with Crippen LogP contribution in [0.3, 0.4) is 0 Å². The molecule has 2 heterocycles. The predicted octanol–water partition coefficient (Wildman–Crippen LogP) is -1.18. The molecule has 0 saturated carbocycles. The summed E-state index contributed by atoms with van der Waals surface area (Å²) in [4.78, 5) is 28.9. The molecule has 110 valence electrons. The Kier molecular flexibility index (Phi) is 3.63. The Balaban J connectivity index is 2.33. The van der Waals surface area contributed by atoms with Gasteiger partial charge in [0.2, 0.25) is 0 Å². The van der Waals surface area contributed by atoms with Crippen molar-refractivity contribution in [3.8, 4) is 0 Å². The number of aliphatic carboxylic acids is 1. The van der Waals surface area contributed by atoms with Crippen LogP contribution in [0.2, 0.25) is 0 Å². The van der Waals surface area contributed by atoms with E-state index < -0.39 is 28.3 Å². The van der Waals surface area contributed by atoms with Crippen LogP contribution in [0.25, 0.3) is 0 Å². The zero-order valence-electron chi connectivity index (χ0n) is 10.4. The number of nitrogens with one attached hydrogen (secondary N) is 2. The molecule has 1 amide bonds. The van der Waals surface area contributed by atoms with E-state index in [4.69, 9.17) is 5.11 Å². The monoisotopic (exact) mass is 304 g/mol. The number of nitrogens with zero attached hydrogens (tertiary/aromatic N) is 2. The number of carboxylic acids is 1. The molecule has 1 aromatic rings. The molecule has 0 saturated heterocycles. The van der Waals surface area contributed by atoms with Crippen LogP contribution in [0, 0.1) is 0 Å². The molecule has 10 nitrogen and oxygen atoms in total. The lowest BCUT2D eigenvalue weighted by molar-refractivity contribution is -0.141. The molecule has 1 atom stereocenters. The number of fused-ring (bicyclic) bond motifs is 1. The van der Waals surface area contributed by atoms with Crippen LogP contribution in [0.1, 0.15) is 11.4 Å². The van der Waals surface area contributed by atoms with Crippen LogP contribution < -0.4 is 4.72 Å². The number of H-pyrrole nitrogens is 1. The first-order valence-corrected chi connectivity index (χ1v) is 6.90. The van der Waals surface area contributed by atoms with Gasteiger partial charge >= 0.3 is 22.3 Å². The summed E-state index contributed by atoms with van der Waals surface area (Å²) in [6.07, 6.45) is 0.0773. The first kappa shape index (κ1) is 14.3. The van der Waals surface area contributed by atoms with Gasteiger partial charge in [0.15, 0.2) is 0 Å². The molecule has 11 heteroatoms. The van der Waals surface area contributed by atoms with Crippen molar-refractivity contribution in [1.29, 1.82) is 0 Å². The first-order valence-electron chi connectivity index (χ1n) is 5.46. The minimum absolute atomic E-state index is 0.0871. The van der Waals surface area contributed by atoms with E-state index in [9.17, 15) is 18.0 Å². The molecule has 20 heavy (non-hydrogen) atoms. The minimum atomic E-state index is -4.33. The number of ether oxygens (including phenoxy) is 1. The summed E-state index contributed by atoms with van der Waals surface area (Å²) >= 11 is 0. The third kappa shape index (κ3) is 2.58. The van der Waals surface area contributed by atoms with Gasteiger partial charge in [-0.1, -0.05) is 0 Å². The molecule has 0 spiro atoms. The molecule has 1 unspecified atom stereocenters. The van der Waals surface area contributed by atoms with Crippen LogP contribution in [-0.4, -0.2) is 53.0 Å². The molecule has 0 aliphatic carbocycles. The third-order valence-corrected chi connectivity index (χ3v) is 4.27. The van der Waals surface area contributed by atoms with Crippen LogP contribution >= 0.6 is 0 Å². The van der Waals surface area contributed by atoms with Crippen molar-refractivity contribution in [3.63, 3.8) is 0 Å². The molecule has 0 bridgehead atoms. The van der Waals surface area contributed by atoms with Gasteiger partial charge in [0.05, 0.1) is 31.4 Å². The topological polar surface area (TPSA) is 142 Å². The van der Waals surface area contributed by atoms with Crippen molar-refractivity contribution < 1.29 is 27.9 Å². The SMILES string of the molecule is COC(=O)NS(=O)(=O)N1Cc2[nH]cnc2CC1C(=O)O.